The van der Waals surface area contributed by atoms with Crippen LogP contribution in [0.1, 0.15) is 11.4 Å². The standard InChI is InChI=1S/C13H12Cl3N3/c1-8-4-3-5-9(17-8)7-19(2)13-11(15)6-10(14)12(16)18-13/h3-6H,7H2,1-2H3. The molecule has 2 rings (SSSR count). The lowest BCUT2D eigenvalue weighted by Crippen LogP contribution is -2.19. The first kappa shape index (κ1) is 14.4. The zero-order chi connectivity index (χ0) is 14.0. The molecule has 0 saturated carbocycles. The maximum atomic E-state index is 6.13. The third-order valence-electron chi connectivity index (χ3n) is 2.57. The molecule has 2 aromatic rings. The summed E-state index contributed by atoms with van der Waals surface area (Å²) in [7, 11) is 1.88. The van der Waals surface area contributed by atoms with E-state index < -0.39 is 0 Å². The van der Waals surface area contributed by atoms with Crippen LogP contribution in [0.3, 0.4) is 0 Å². The first-order valence-electron chi connectivity index (χ1n) is 5.62. The van der Waals surface area contributed by atoms with Gasteiger partial charge in [0.1, 0.15) is 11.0 Å². The Bertz CT molecular complexity index is 602. The molecular formula is C13H12Cl3N3. The molecule has 100 valence electrons. The van der Waals surface area contributed by atoms with Gasteiger partial charge < -0.3 is 4.90 Å². The Morgan fingerprint density at radius 3 is 2.53 bits per heavy atom. The van der Waals surface area contributed by atoms with Gasteiger partial charge in [0.25, 0.3) is 0 Å². The number of hydrogen-bond acceptors (Lipinski definition) is 3. The highest BCUT2D eigenvalue weighted by Crippen LogP contribution is 2.31. The maximum absolute atomic E-state index is 6.13. The van der Waals surface area contributed by atoms with Crippen LogP contribution in [-0.4, -0.2) is 17.0 Å². The van der Waals surface area contributed by atoms with Gasteiger partial charge in [-0.3, -0.25) is 4.98 Å². The molecule has 0 unspecified atom stereocenters. The van der Waals surface area contributed by atoms with Crippen molar-refractivity contribution in [3.8, 4) is 0 Å². The molecule has 0 spiro atoms. The quantitative estimate of drug-likeness (QED) is 0.787. The van der Waals surface area contributed by atoms with E-state index in [-0.39, 0.29) is 5.15 Å². The van der Waals surface area contributed by atoms with Crippen LogP contribution in [0.25, 0.3) is 0 Å². The van der Waals surface area contributed by atoms with Crippen LogP contribution in [-0.2, 0) is 6.54 Å². The minimum absolute atomic E-state index is 0.241. The van der Waals surface area contributed by atoms with Gasteiger partial charge >= 0.3 is 0 Å². The predicted molar refractivity (Wildman–Crippen MR) is 80.3 cm³/mol. The van der Waals surface area contributed by atoms with Crippen LogP contribution in [0.4, 0.5) is 5.82 Å². The Morgan fingerprint density at radius 2 is 1.84 bits per heavy atom. The van der Waals surface area contributed by atoms with Crippen LogP contribution in [0, 0.1) is 6.92 Å². The van der Waals surface area contributed by atoms with E-state index in [1.165, 1.54) is 0 Å². The molecule has 0 aliphatic rings. The lowest BCUT2D eigenvalue weighted by Gasteiger charge is -2.19. The van der Waals surface area contributed by atoms with Crippen molar-refractivity contribution in [2.75, 3.05) is 11.9 Å². The number of anilines is 1. The van der Waals surface area contributed by atoms with Gasteiger partial charge in [0.15, 0.2) is 0 Å². The summed E-state index contributed by atoms with van der Waals surface area (Å²) >= 11 is 17.9. The van der Waals surface area contributed by atoms with Gasteiger partial charge in [-0.1, -0.05) is 40.9 Å². The fourth-order valence-electron chi connectivity index (χ4n) is 1.71. The molecule has 19 heavy (non-hydrogen) atoms. The molecule has 0 bridgehead atoms. The van der Waals surface area contributed by atoms with Crippen molar-refractivity contribution in [1.29, 1.82) is 0 Å². The lowest BCUT2D eigenvalue weighted by atomic mass is 10.3. The fourth-order valence-corrected chi connectivity index (χ4v) is 2.35. The molecular weight excluding hydrogens is 305 g/mol. The third kappa shape index (κ3) is 3.50. The van der Waals surface area contributed by atoms with Gasteiger partial charge in [-0.25, -0.2) is 4.98 Å². The number of aromatic nitrogens is 2. The molecule has 0 fully saturated rings. The van der Waals surface area contributed by atoms with Gasteiger partial charge in [0.2, 0.25) is 0 Å². The van der Waals surface area contributed by atoms with Crippen LogP contribution >= 0.6 is 34.8 Å². The molecule has 0 aromatic carbocycles. The van der Waals surface area contributed by atoms with E-state index in [1.807, 2.05) is 37.1 Å². The van der Waals surface area contributed by atoms with Crippen molar-refractivity contribution >= 4 is 40.6 Å². The highest BCUT2D eigenvalue weighted by atomic mass is 35.5. The molecule has 0 atom stereocenters. The zero-order valence-electron chi connectivity index (χ0n) is 10.5. The highest BCUT2D eigenvalue weighted by Gasteiger charge is 2.12. The first-order chi connectivity index (χ1) is 8.97. The van der Waals surface area contributed by atoms with Crippen molar-refractivity contribution in [2.45, 2.75) is 13.5 Å². The van der Waals surface area contributed by atoms with Crippen LogP contribution < -0.4 is 4.90 Å². The van der Waals surface area contributed by atoms with Crippen molar-refractivity contribution in [2.24, 2.45) is 0 Å². The molecule has 2 aromatic heterocycles. The summed E-state index contributed by atoms with van der Waals surface area (Å²) in [6.07, 6.45) is 0. The molecule has 0 N–H and O–H groups in total. The average molecular weight is 317 g/mol. The van der Waals surface area contributed by atoms with E-state index in [9.17, 15) is 0 Å². The van der Waals surface area contributed by atoms with Gasteiger partial charge in [-0.2, -0.15) is 0 Å². The Morgan fingerprint density at radius 1 is 1.11 bits per heavy atom. The number of pyridine rings is 2. The van der Waals surface area contributed by atoms with Crippen molar-refractivity contribution in [1.82, 2.24) is 9.97 Å². The van der Waals surface area contributed by atoms with E-state index in [0.717, 1.165) is 11.4 Å². The largest absolute Gasteiger partial charge is 0.352 e. The second kappa shape index (κ2) is 5.95. The average Bonchev–Trinajstić information content (AvgIpc) is 2.33. The predicted octanol–water partition coefficient (Wildman–Crippen LogP) is 4.38. The normalized spacial score (nSPS) is 10.6. The molecule has 2 heterocycles. The van der Waals surface area contributed by atoms with Crippen LogP contribution in [0.5, 0.6) is 0 Å². The molecule has 0 saturated heterocycles. The van der Waals surface area contributed by atoms with Crippen molar-refractivity contribution < 1.29 is 0 Å². The smallest absolute Gasteiger partial charge is 0.150 e. The van der Waals surface area contributed by atoms with E-state index >= 15 is 0 Å². The second-order valence-electron chi connectivity index (χ2n) is 4.19. The molecule has 3 nitrogen and oxygen atoms in total. The van der Waals surface area contributed by atoms with E-state index in [1.54, 1.807) is 6.07 Å². The zero-order valence-corrected chi connectivity index (χ0v) is 12.8. The summed E-state index contributed by atoms with van der Waals surface area (Å²) in [6.45, 7) is 2.54. The topological polar surface area (TPSA) is 29.0 Å². The minimum Gasteiger partial charge on any atom is -0.352 e. The molecule has 0 amide bonds. The van der Waals surface area contributed by atoms with Crippen LogP contribution in [0.15, 0.2) is 24.3 Å². The summed E-state index contributed by atoms with van der Waals surface area (Å²) in [5.74, 6) is 0.583. The Kier molecular flexibility index (Phi) is 4.50. The van der Waals surface area contributed by atoms with Crippen molar-refractivity contribution in [3.05, 3.63) is 50.9 Å². The number of rotatable bonds is 3. The Hall–Kier alpha value is -1.03. The number of hydrogen-bond donors (Lipinski definition) is 0. The summed E-state index contributed by atoms with van der Waals surface area (Å²) in [5, 5.41) is 1.05. The van der Waals surface area contributed by atoms with E-state index in [2.05, 4.69) is 9.97 Å². The van der Waals surface area contributed by atoms with Crippen LogP contribution in [0.2, 0.25) is 15.2 Å². The molecule has 0 aliphatic heterocycles. The summed E-state index contributed by atoms with van der Waals surface area (Å²) in [6, 6.07) is 7.46. The van der Waals surface area contributed by atoms with Gasteiger partial charge in [-0.15, -0.1) is 0 Å². The van der Waals surface area contributed by atoms with E-state index in [0.29, 0.717) is 22.4 Å². The fraction of sp³-hybridized carbons (Fsp3) is 0.231. The summed E-state index contributed by atoms with van der Waals surface area (Å²) in [4.78, 5) is 10.5. The van der Waals surface area contributed by atoms with Gasteiger partial charge in [0, 0.05) is 12.7 Å². The van der Waals surface area contributed by atoms with Gasteiger partial charge in [0.05, 0.1) is 22.3 Å². The first-order valence-corrected chi connectivity index (χ1v) is 6.76. The maximum Gasteiger partial charge on any atom is 0.150 e. The highest BCUT2D eigenvalue weighted by molar-refractivity contribution is 6.42. The van der Waals surface area contributed by atoms with Crippen molar-refractivity contribution in [3.63, 3.8) is 0 Å². The number of aryl methyl sites for hydroxylation is 1. The summed E-state index contributed by atoms with van der Waals surface area (Å²) in [5.41, 5.74) is 1.91. The molecule has 0 aliphatic carbocycles. The monoisotopic (exact) mass is 315 g/mol. The SMILES string of the molecule is Cc1cccc(CN(C)c2nc(Cl)c(Cl)cc2Cl)n1. The molecule has 0 radical (unpaired) electrons. The third-order valence-corrected chi connectivity index (χ3v) is 3.53. The summed E-state index contributed by atoms with van der Waals surface area (Å²) < 4.78 is 0. The second-order valence-corrected chi connectivity index (χ2v) is 5.37. The van der Waals surface area contributed by atoms with Gasteiger partial charge in [-0.05, 0) is 25.1 Å². The minimum atomic E-state index is 0.241. The number of nitrogens with zero attached hydrogens (tertiary/aromatic N) is 3. The molecule has 6 heteroatoms. The lowest BCUT2D eigenvalue weighted by molar-refractivity contribution is 0.859. The number of halogens is 3. The Labute approximate surface area is 127 Å². The Balaban J connectivity index is 2.25. The van der Waals surface area contributed by atoms with E-state index in [4.69, 9.17) is 34.8 Å².